The molecule has 0 spiro atoms. The summed E-state index contributed by atoms with van der Waals surface area (Å²) in [6, 6.07) is 0. The van der Waals surface area contributed by atoms with Crippen molar-refractivity contribution in [2.24, 2.45) is 0 Å². The predicted molar refractivity (Wildman–Crippen MR) is 46.7 cm³/mol. The standard InChI is InChI=1S/C6H14O6.Ca.2H/c7-1-3(9)5(11)6(12)4(10)2-8;;;/h3-12H,1-2H2;;;. The first kappa shape index (κ1) is 16.4. The molecular formula is C6H16CaO6. The Morgan fingerprint density at radius 2 is 0.923 bits per heavy atom. The predicted octanol–water partition coefficient (Wildman–Crippen LogP) is -4.50. The molecule has 0 saturated heterocycles. The van der Waals surface area contributed by atoms with Crippen LogP contribution in [0, 0.1) is 0 Å². The average Bonchev–Trinajstić information content (AvgIpc) is 2.12. The molecule has 4 atom stereocenters. The van der Waals surface area contributed by atoms with Crippen LogP contribution in [0.1, 0.15) is 0 Å². The third-order valence-electron chi connectivity index (χ3n) is 1.51. The van der Waals surface area contributed by atoms with Crippen LogP contribution in [0.4, 0.5) is 0 Å². The third-order valence-corrected chi connectivity index (χ3v) is 1.51. The monoisotopic (exact) mass is 224 g/mol. The quantitative estimate of drug-likeness (QED) is 0.262. The number of hydrogen-bond acceptors (Lipinski definition) is 6. The Balaban J connectivity index is 0. The molecule has 6 nitrogen and oxygen atoms in total. The Labute approximate surface area is 105 Å². The molecule has 7 heteroatoms. The molecular weight excluding hydrogens is 208 g/mol. The fraction of sp³-hybridized carbons (Fsp3) is 1.00. The van der Waals surface area contributed by atoms with E-state index in [0.717, 1.165) is 0 Å². The van der Waals surface area contributed by atoms with E-state index in [4.69, 9.17) is 30.6 Å². The van der Waals surface area contributed by atoms with Gasteiger partial charge in [0.05, 0.1) is 13.2 Å². The summed E-state index contributed by atoms with van der Waals surface area (Å²) in [7, 11) is 0. The normalized spacial score (nSPS) is 19.8. The van der Waals surface area contributed by atoms with Gasteiger partial charge < -0.3 is 30.6 Å². The number of rotatable bonds is 5. The van der Waals surface area contributed by atoms with Crippen LogP contribution in [0.5, 0.6) is 0 Å². The zero-order valence-corrected chi connectivity index (χ0v) is 6.41. The first-order chi connectivity index (χ1) is 5.54. The molecule has 0 aliphatic heterocycles. The molecule has 0 aromatic heterocycles. The van der Waals surface area contributed by atoms with Crippen molar-refractivity contribution in [1.82, 2.24) is 0 Å². The van der Waals surface area contributed by atoms with Crippen LogP contribution in [-0.4, -0.2) is 106 Å². The summed E-state index contributed by atoms with van der Waals surface area (Å²) in [6.07, 6.45) is -6.39. The van der Waals surface area contributed by atoms with E-state index in [2.05, 4.69) is 0 Å². The van der Waals surface area contributed by atoms with E-state index in [9.17, 15) is 0 Å². The van der Waals surface area contributed by atoms with Gasteiger partial charge in [-0.2, -0.15) is 0 Å². The van der Waals surface area contributed by atoms with Gasteiger partial charge in [0.25, 0.3) is 0 Å². The molecule has 4 unspecified atom stereocenters. The van der Waals surface area contributed by atoms with Crippen molar-refractivity contribution in [3.05, 3.63) is 0 Å². The molecule has 0 aliphatic rings. The molecule has 78 valence electrons. The minimum absolute atomic E-state index is 0. The summed E-state index contributed by atoms with van der Waals surface area (Å²) in [5, 5.41) is 52.2. The molecule has 0 heterocycles. The van der Waals surface area contributed by atoms with Crippen LogP contribution in [0.15, 0.2) is 0 Å². The van der Waals surface area contributed by atoms with Gasteiger partial charge in [0.1, 0.15) is 24.4 Å². The maximum atomic E-state index is 8.96. The van der Waals surface area contributed by atoms with Crippen LogP contribution in [-0.2, 0) is 0 Å². The molecule has 0 radical (unpaired) electrons. The van der Waals surface area contributed by atoms with Crippen molar-refractivity contribution < 1.29 is 30.6 Å². The Hall–Kier alpha value is 1.02. The van der Waals surface area contributed by atoms with Crippen LogP contribution < -0.4 is 0 Å². The first-order valence-corrected chi connectivity index (χ1v) is 3.48. The van der Waals surface area contributed by atoms with E-state index < -0.39 is 37.6 Å². The van der Waals surface area contributed by atoms with Gasteiger partial charge in [-0.05, 0) is 0 Å². The summed E-state index contributed by atoms with van der Waals surface area (Å²) >= 11 is 0. The Morgan fingerprint density at radius 1 is 0.692 bits per heavy atom. The molecule has 0 fully saturated rings. The molecule has 0 aromatic carbocycles. The van der Waals surface area contributed by atoms with Crippen molar-refractivity contribution in [1.29, 1.82) is 0 Å². The molecule has 0 amide bonds. The minimum atomic E-state index is -1.67. The summed E-state index contributed by atoms with van der Waals surface area (Å²) in [6.45, 7) is -1.45. The van der Waals surface area contributed by atoms with E-state index in [1.165, 1.54) is 0 Å². The van der Waals surface area contributed by atoms with E-state index >= 15 is 0 Å². The van der Waals surface area contributed by atoms with Crippen LogP contribution in [0.25, 0.3) is 0 Å². The number of hydrogen-bond donors (Lipinski definition) is 6. The van der Waals surface area contributed by atoms with Gasteiger partial charge in [-0.25, -0.2) is 0 Å². The molecule has 0 rings (SSSR count). The average molecular weight is 224 g/mol. The van der Waals surface area contributed by atoms with Gasteiger partial charge >= 0.3 is 37.7 Å². The molecule has 13 heavy (non-hydrogen) atoms. The second-order valence-electron chi connectivity index (χ2n) is 2.48. The van der Waals surface area contributed by atoms with Crippen LogP contribution in [0.3, 0.4) is 0 Å². The van der Waals surface area contributed by atoms with Gasteiger partial charge in [0.2, 0.25) is 0 Å². The topological polar surface area (TPSA) is 121 Å². The Kier molecular flexibility index (Phi) is 10.6. The van der Waals surface area contributed by atoms with Crippen LogP contribution in [0.2, 0.25) is 0 Å². The molecule has 0 aliphatic carbocycles. The summed E-state index contributed by atoms with van der Waals surface area (Å²) < 4.78 is 0. The number of aliphatic hydroxyl groups excluding tert-OH is 6. The van der Waals surface area contributed by atoms with Gasteiger partial charge in [0, 0.05) is 0 Å². The van der Waals surface area contributed by atoms with Crippen molar-refractivity contribution >= 4 is 37.7 Å². The second kappa shape index (κ2) is 8.34. The van der Waals surface area contributed by atoms with Gasteiger partial charge in [-0.3, -0.25) is 0 Å². The maximum absolute atomic E-state index is 8.96. The SMILES string of the molecule is OCC(O)C(O)C(O)C(O)CO.[CaH2]. The fourth-order valence-electron chi connectivity index (χ4n) is 0.671. The fourth-order valence-corrected chi connectivity index (χ4v) is 0.671. The zero-order valence-electron chi connectivity index (χ0n) is 6.41. The van der Waals surface area contributed by atoms with Crippen molar-refractivity contribution in [3.8, 4) is 0 Å². The van der Waals surface area contributed by atoms with Gasteiger partial charge in [0.15, 0.2) is 0 Å². The Morgan fingerprint density at radius 3 is 1.08 bits per heavy atom. The van der Waals surface area contributed by atoms with E-state index in [-0.39, 0.29) is 37.7 Å². The van der Waals surface area contributed by atoms with E-state index in [1.54, 1.807) is 0 Å². The van der Waals surface area contributed by atoms with Gasteiger partial charge in [-0.15, -0.1) is 0 Å². The number of aliphatic hydroxyl groups is 6. The van der Waals surface area contributed by atoms with E-state index in [0.29, 0.717) is 0 Å². The molecule has 0 aromatic rings. The zero-order chi connectivity index (χ0) is 9.72. The Bertz CT molecular complexity index is 110. The summed E-state index contributed by atoms with van der Waals surface area (Å²) in [4.78, 5) is 0. The summed E-state index contributed by atoms with van der Waals surface area (Å²) in [5.74, 6) is 0. The molecule has 0 bridgehead atoms. The van der Waals surface area contributed by atoms with Crippen LogP contribution >= 0.6 is 0 Å². The van der Waals surface area contributed by atoms with E-state index in [1.807, 2.05) is 0 Å². The second-order valence-corrected chi connectivity index (χ2v) is 2.48. The van der Waals surface area contributed by atoms with Crippen molar-refractivity contribution in [2.45, 2.75) is 24.4 Å². The van der Waals surface area contributed by atoms with Gasteiger partial charge in [-0.1, -0.05) is 0 Å². The third kappa shape index (κ3) is 5.46. The van der Waals surface area contributed by atoms with Crippen molar-refractivity contribution in [2.75, 3.05) is 13.2 Å². The van der Waals surface area contributed by atoms with Crippen molar-refractivity contribution in [3.63, 3.8) is 0 Å². The summed E-state index contributed by atoms with van der Waals surface area (Å²) in [5.41, 5.74) is 0. The molecule has 0 saturated carbocycles. The first-order valence-electron chi connectivity index (χ1n) is 3.48. The molecule has 6 N–H and O–H groups in total.